The van der Waals surface area contributed by atoms with Crippen molar-refractivity contribution in [2.24, 2.45) is 11.3 Å². The lowest BCUT2D eigenvalue weighted by atomic mass is 9.77. The molecule has 208 valence electrons. The number of nitrogens with zero attached hydrogens (tertiary/aromatic N) is 3. The standard InChI is InChI=1S/C27H36ClN3O7/c1-26(2,3)17(13-21(32)38-27(4,5)6)24(33)31-14-16(12-20(31)25(34)36-8)37-23-22(28)29-18-10-9-15(35-7)11-19(18)30-23/h9-11,16-17,20H,12-14H2,1-8H3/t16-,17-,20+/m1/s1. The summed E-state index contributed by atoms with van der Waals surface area (Å²) in [5.41, 5.74) is -0.188. The number of rotatable bonds is 7. The summed E-state index contributed by atoms with van der Waals surface area (Å²) in [6.45, 7) is 11.0. The maximum Gasteiger partial charge on any atom is 0.328 e. The van der Waals surface area contributed by atoms with Crippen molar-refractivity contribution < 1.29 is 33.3 Å². The van der Waals surface area contributed by atoms with Crippen molar-refractivity contribution in [1.29, 1.82) is 0 Å². The molecule has 0 spiro atoms. The molecule has 2 heterocycles. The fourth-order valence-corrected chi connectivity index (χ4v) is 4.53. The number of hydrogen-bond donors (Lipinski definition) is 0. The first-order valence-corrected chi connectivity index (χ1v) is 12.8. The molecule has 38 heavy (non-hydrogen) atoms. The number of fused-ring (bicyclic) bond motifs is 1. The average molecular weight is 550 g/mol. The number of amides is 1. The molecule has 0 radical (unpaired) electrons. The zero-order valence-electron chi connectivity index (χ0n) is 23.2. The van der Waals surface area contributed by atoms with E-state index < -0.39 is 41.0 Å². The van der Waals surface area contributed by atoms with E-state index in [0.29, 0.717) is 16.8 Å². The van der Waals surface area contributed by atoms with Gasteiger partial charge in [-0.1, -0.05) is 32.4 Å². The van der Waals surface area contributed by atoms with Crippen LogP contribution in [-0.4, -0.2) is 71.2 Å². The van der Waals surface area contributed by atoms with Crippen LogP contribution in [0.1, 0.15) is 54.4 Å². The molecule has 1 fully saturated rings. The van der Waals surface area contributed by atoms with Gasteiger partial charge in [0.15, 0.2) is 5.15 Å². The Labute approximate surface area is 227 Å². The van der Waals surface area contributed by atoms with Crippen LogP contribution in [0.15, 0.2) is 18.2 Å². The lowest BCUT2D eigenvalue weighted by Gasteiger charge is -2.34. The number of ether oxygens (including phenoxy) is 4. The van der Waals surface area contributed by atoms with Crippen molar-refractivity contribution in [3.8, 4) is 11.6 Å². The lowest BCUT2D eigenvalue weighted by molar-refractivity contribution is -0.162. The monoisotopic (exact) mass is 549 g/mol. The molecule has 0 N–H and O–H groups in total. The predicted molar refractivity (Wildman–Crippen MR) is 141 cm³/mol. The third-order valence-corrected chi connectivity index (χ3v) is 6.48. The molecule has 1 aromatic heterocycles. The maximum absolute atomic E-state index is 13.8. The number of halogens is 1. The summed E-state index contributed by atoms with van der Waals surface area (Å²) in [4.78, 5) is 49.4. The Bertz CT molecular complexity index is 1210. The molecule has 0 unspecified atom stereocenters. The first-order valence-electron chi connectivity index (χ1n) is 12.4. The highest BCUT2D eigenvalue weighted by Gasteiger charge is 2.46. The van der Waals surface area contributed by atoms with Gasteiger partial charge in [-0.3, -0.25) is 9.59 Å². The molecule has 1 aliphatic heterocycles. The summed E-state index contributed by atoms with van der Waals surface area (Å²) >= 11 is 6.35. The Balaban J connectivity index is 1.86. The molecule has 1 aromatic carbocycles. The highest BCUT2D eigenvalue weighted by atomic mass is 35.5. The fraction of sp³-hybridized carbons (Fsp3) is 0.593. The lowest BCUT2D eigenvalue weighted by Crippen LogP contribution is -2.48. The van der Waals surface area contributed by atoms with Crippen molar-refractivity contribution in [2.75, 3.05) is 20.8 Å². The molecule has 2 aromatic rings. The van der Waals surface area contributed by atoms with Crippen LogP contribution in [0.3, 0.4) is 0 Å². The molecule has 0 saturated carbocycles. The Morgan fingerprint density at radius 3 is 2.34 bits per heavy atom. The normalized spacial score (nSPS) is 18.7. The minimum atomic E-state index is -0.895. The molecule has 3 atom stereocenters. The van der Waals surface area contributed by atoms with Crippen LogP contribution in [0.25, 0.3) is 11.0 Å². The van der Waals surface area contributed by atoms with Crippen LogP contribution in [0.4, 0.5) is 0 Å². The zero-order chi connectivity index (χ0) is 28.4. The Kier molecular flexibility index (Phi) is 8.75. The predicted octanol–water partition coefficient (Wildman–Crippen LogP) is 4.21. The smallest absolute Gasteiger partial charge is 0.328 e. The minimum absolute atomic E-state index is 0.0551. The van der Waals surface area contributed by atoms with Crippen molar-refractivity contribution in [1.82, 2.24) is 14.9 Å². The van der Waals surface area contributed by atoms with E-state index in [1.54, 1.807) is 46.1 Å². The van der Waals surface area contributed by atoms with Crippen molar-refractivity contribution >= 4 is 40.5 Å². The molecular weight excluding hydrogens is 514 g/mol. The fourth-order valence-electron chi connectivity index (χ4n) is 4.36. The first kappa shape index (κ1) is 29.4. The maximum atomic E-state index is 13.8. The second-order valence-electron chi connectivity index (χ2n) is 11.4. The molecule has 10 nitrogen and oxygen atoms in total. The van der Waals surface area contributed by atoms with E-state index in [-0.39, 0.29) is 36.3 Å². The SMILES string of the molecule is COC(=O)[C@@H]1C[C@@H](Oc2nc3cc(OC)ccc3nc2Cl)CN1C(=O)[C@@H](CC(=O)OC(C)(C)C)C(C)(C)C. The first-order chi connectivity index (χ1) is 17.6. The molecule has 1 aliphatic rings. The van der Waals surface area contributed by atoms with E-state index in [0.717, 1.165) is 0 Å². The summed E-state index contributed by atoms with van der Waals surface area (Å²) in [6.07, 6.45) is -0.574. The van der Waals surface area contributed by atoms with Crippen LogP contribution in [-0.2, 0) is 23.9 Å². The number of hydrogen-bond acceptors (Lipinski definition) is 9. The number of likely N-dealkylation sites (tertiary alicyclic amines) is 1. The highest BCUT2D eigenvalue weighted by molar-refractivity contribution is 6.31. The summed E-state index contributed by atoms with van der Waals surface area (Å²) < 4.78 is 21.8. The number of benzene rings is 1. The number of methoxy groups -OCH3 is 2. The Hall–Kier alpha value is -3.14. The zero-order valence-corrected chi connectivity index (χ0v) is 23.9. The van der Waals surface area contributed by atoms with Gasteiger partial charge in [-0.2, -0.15) is 0 Å². The van der Waals surface area contributed by atoms with Gasteiger partial charge in [0.2, 0.25) is 5.91 Å². The number of carbonyl (C=O) groups excluding carboxylic acids is 3. The van der Waals surface area contributed by atoms with Crippen LogP contribution >= 0.6 is 11.6 Å². The molecule has 1 amide bonds. The van der Waals surface area contributed by atoms with Gasteiger partial charge in [0.05, 0.1) is 44.1 Å². The van der Waals surface area contributed by atoms with E-state index in [1.165, 1.54) is 12.0 Å². The van der Waals surface area contributed by atoms with E-state index >= 15 is 0 Å². The molecule has 11 heteroatoms. The Morgan fingerprint density at radius 1 is 1.08 bits per heavy atom. The molecule has 0 aliphatic carbocycles. The van der Waals surface area contributed by atoms with Crippen LogP contribution < -0.4 is 9.47 Å². The van der Waals surface area contributed by atoms with E-state index in [1.807, 2.05) is 20.8 Å². The van der Waals surface area contributed by atoms with Crippen molar-refractivity contribution in [2.45, 2.75) is 72.1 Å². The van der Waals surface area contributed by atoms with Gasteiger partial charge in [-0.25, -0.2) is 14.8 Å². The van der Waals surface area contributed by atoms with Gasteiger partial charge in [0.1, 0.15) is 23.5 Å². The number of aromatic nitrogens is 2. The molecule has 3 rings (SSSR count). The molecular formula is C27H36ClN3O7. The summed E-state index contributed by atoms with van der Waals surface area (Å²) in [6, 6.07) is 4.29. The third-order valence-electron chi connectivity index (χ3n) is 6.23. The largest absolute Gasteiger partial charge is 0.497 e. The van der Waals surface area contributed by atoms with Crippen LogP contribution in [0.2, 0.25) is 5.15 Å². The third kappa shape index (κ3) is 7.03. The highest BCUT2D eigenvalue weighted by Crippen LogP contribution is 2.35. The second kappa shape index (κ2) is 11.3. The molecule has 1 saturated heterocycles. The number of esters is 2. The molecule has 0 bridgehead atoms. The van der Waals surface area contributed by atoms with Gasteiger partial charge < -0.3 is 23.8 Å². The van der Waals surface area contributed by atoms with Crippen LogP contribution in [0.5, 0.6) is 11.6 Å². The van der Waals surface area contributed by atoms with E-state index in [4.69, 9.17) is 30.5 Å². The van der Waals surface area contributed by atoms with Gasteiger partial charge >= 0.3 is 11.9 Å². The summed E-state index contributed by atoms with van der Waals surface area (Å²) in [5.74, 6) is -1.47. The topological polar surface area (TPSA) is 117 Å². The van der Waals surface area contributed by atoms with Gasteiger partial charge in [-0.05, 0) is 38.3 Å². The van der Waals surface area contributed by atoms with E-state index in [2.05, 4.69) is 9.97 Å². The van der Waals surface area contributed by atoms with Gasteiger partial charge in [-0.15, -0.1) is 0 Å². The quantitative estimate of drug-likeness (QED) is 0.468. The average Bonchev–Trinajstić information content (AvgIpc) is 3.24. The van der Waals surface area contributed by atoms with Crippen molar-refractivity contribution in [3.05, 3.63) is 23.4 Å². The minimum Gasteiger partial charge on any atom is -0.497 e. The Morgan fingerprint density at radius 2 is 1.76 bits per heavy atom. The number of carbonyl (C=O) groups is 3. The summed E-state index contributed by atoms with van der Waals surface area (Å²) in [5, 5.41) is 0.0551. The summed E-state index contributed by atoms with van der Waals surface area (Å²) in [7, 11) is 2.81. The van der Waals surface area contributed by atoms with Gasteiger partial charge in [0, 0.05) is 12.5 Å². The van der Waals surface area contributed by atoms with E-state index in [9.17, 15) is 14.4 Å². The second-order valence-corrected chi connectivity index (χ2v) is 11.7. The van der Waals surface area contributed by atoms with Gasteiger partial charge in [0.25, 0.3) is 5.88 Å². The van der Waals surface area contributed by atoms with Crippen LogP contribution in [0, 0.1) is 11.3 Å². The van der Waals surface area contributed by atoms with Crippen molar-refractivity contribution in [3.63, 3.8) is 0 Å².